The zero-order chi connectivity index (χ0) is 16.2. The standard InChI is InChI=1S/C15H23NO5/c1-9(8-15(2,16)14(17)18)12-10(19-3)6-7-11(20-4)13(12)21-5/h6-7,9H,8,16H2,1-5H3,(H,17,18). The van der Waals surface area contributed by atoms with Crippen LogP contribution < -0.4 is 19.9 Å². The normalized spacial score (nSPS) is 15.0. The van der Waals surface area contributed by atoms with Crippen LogP contribution >= 0.6 is 0 Å². The van der Waals surface area contributed by atoms with E-state index in [9.17, 15) is 9.90 Å². The zero-order valence-electron chi connectivity index (χ0n) is 13.1. The van der Waals surface area contributed by atoms with E-state index in [0.717, 1.165) is 5.56 Å². The molecular formula is C15H23NO5. The fourth-order valence-corrected chi connectivity index (χ4v) is 2.40. The lowest BCUT2D eigenvalue weighted by atomic mass is 9.85. The molecule has 6 heteroatoms. The molecule has 0 heterocycles. The minimum atomic E-state index is -1.33. The molecule has 118 valence electrons. The van der Waals surface area contributed by atoms with E-state index in [2.05, 4.69) is 0 Å². The Balaban J connectivity index is 3.29. The van der Waals surface area contributed by atoms with Crippen molar-refractivity contribution in [2.45, 2.75) is 31.7 Å². The van der Waals surface area contributed by atoms with Gasteiger partial charge in [-0.05, 0) is 31.4 Å². The van der Waals surface area contributed by atoms with Gasteiger partial charge in [0.1, 0.15) is 11.3 Å². The molecule has 0 aliphatic heterocycles. The minimum absolute atomic E-state index is 0.184. The first kappa shape index (κ1) is 17.1. The maximum Gasteiger partial charge on any atom is 0.323 e. The topological polar surface area (TPSA) is 91.0 Å². The molecule has 2 unspecified atom stereocenters. The molecule has 0 radical (unpaired) electrons. The first-order valence-corrected chi connectivity index (χ1v) is 6.59. The highest BCUT2D eigenvalue weighted by Crippen LogP contribution is 2.43. The lowest BCUT2D eigenvalue weighted by molar-refractivity contribution is -0.143. The molecule has 6 nitrogen and oxygen atoms in total. The highest BCUT2D eigenvalue weighted by molar-refractivity contribution is 5.78. The number of carboxylic acid groups (broad SMARTS) is 1. The van der Waals surface area contributed by atoms with Gasteiger partial charge in [-0.15, -0.1) is 0 Å². The molecule has 0 saturated heterocycles. The summed E-state index contributed by atoms with van der Waals surface area (Å²) in [5, 5.41) is 9.18. The summed E-state index contributed by atoms with van der Waals surface area (Å²) in [6.45, 7) is 3.37. The molecule has 0 aromatic heterocycles. The summed E-state index contributed by atoms with van der Waals surface area (Å²) in [5.74, 6) is 0.479. The molecule has 0 saturated carbocycles. The zero-order valence-corrected chi connectivity index (χ0v) is 13.1. The van der Waals surface area contributed by atoms with E-state index in [4.69, 9.17) is 19.9 Å². The number of benzene rings is 1. The molecule has 0 spiro atoms. The number of hydrogen-bond acceptors (Lipinski definition) is 5. The van der Waals surface area contributed by atoms with Gasteiger partial charge in [0.15, 0.2) is 11.5 Å². The minimum Gasteiger partial charge on any atom is -0.496 e. The second kappa shape index (κ2) is 6.67. The van der Waals surface area contributed by atoms with E-state index in [1.807, 2.05) is 6.92 Å². The van der Waals surface area contributed by atoms with Gasteiger partial charge in [0.05, 0.1) is 21.3 Å². The third-order valence-corrected chi connectivity index (χ3v) is 3.48. The van der Waals surface area contributed by atoms with Gasteiger partial charge in [-0.1, -0.05) is 6.92 Å². The lowest BCUT2D eigenvalue weighted by Gasteiger charge is -2.26. The molecule has 0 amide bonds. The highest BCUT2D eigenvalue weighted by Gasteiger charge is 2.33. The third kappa shape index (κ3) is 3.58. The molecule has 0 aliphatic carbocycles. The van der Waals surface area contributed by atoms with E-state index < -0.39 is 11.5 Å². The maximum atomic E-state index is 11.2. The van der Waals surface area contributed by atoms with Crippen LogP contribution in [0.3, 0.4) is 0 Å². The Bertz CT molecular complexity index is 513. The predicted octanol–water partition coefficient (Wildman–Crippen LogP) is 2.01. The van der Waals surface area contributed by atoms with Crippen molar-refractivity contribution in [2.75, 3.05) is 21.3 Å². The van der Waals surface area contributed by atoms with Crippen LogP contribution in [0, 0.1) is 0 Å². The molecule has 0 aliphatic rings. The molecule has 1 aromatic carbocycles. The molecule has 3 N–H and O–H groups in total. The Hall–Kier alpha value is -1.95. The molecule has 21 heavy (non-hydrogen) atoms. The van der Waals surface area contributed by atoms with E-state index in [1.165, 1.54) is 14.0 Å². The number of hydrogen-bond donors (Lipinski definition) is 2. The maximum absolute atomic E-state index is 11.2. The largest absolute Gasteiger partial charge is 0.496 e. The van der Waals surface area contributed by atoms with Gasteiger partial charge in [0, 0.05) is 5.56 Å². The van der Waals surface area contributed by atoms with E-state index in [-0.39, 0.29) is 12.3 Å². The van der Waals surface area contributed by atoms with E-state index >= 15 is 0 Å². The van der Waals surface area contributed by atoms with Gasteiger partial charge in [-0.25, -0.2) is 0 Å². The summed E-state index contributed by atoms with van der Waals surface area (Å²) in [6, 6.07) is 3.51. The highest BCUT2D eigenvalue weighted by atomic mass is 16.5. The van der Waals surface area contributed by atoms with Crippen molar-refractivity contribution in [3.63, 3.8) is 0 Å². The third-order valence-electron chi connectivity index (χ3n) is 3.48. The Kier molecular flexibility index (Phi) is 5.43. The fourth-order valence-electron chi connectivity index (χ4n) is 2.40. The van der Waals surface area contributed by atoms with Crippen molar-refractivity contribution in [1.82, 2.24) is 0 Å². The average molecular weight is 297 g/mol. The first-order chi connectivity index (χ1) is 9.78. The van der Waals surface area contributed by atoms with Gasteiger partial charge < -0.3 is 25.1 Å². The average Bonchev–Trinajstić information content (AvgIpc) is 2.44. The number of carbonyl (C=O) groups is 1. The Labute approximate surface area is 124 Å². The Morgan fingerprint density at radius 1 is 1.24 bits per heavy atom. The van der Waals surface area contributed by atoms with Crippen LogP contribution in [-0.2, 0) is 4.79 Å². The molecule has 1 rings (SSSR count). The number of aliphatic carboxylic acids is 1. The van der Waals surface area contributed by atoms with Gasteiger partial charge in [-0.2, -0.15) is 0 Å². The second-order valence-electron chi connectivity index (χ2n) is 5.24. The van der Waals surface area contributed by atoms with Crippen LogP contribution in [0.4, 0.5) is 0 Å². The lowest BCUT2D eigenvalue weighted by Crippen LogP contribution is -2.45. The summed E-state index contributed by atoms with van der Waals surface area (Å²) >= 11 is 0. The fraction of sp³-hybridized carbons (Fsp3) is 0.533. The molecule has 1 aromatic rings. The van der Waals surface area contributed by atoms with Gasteiger partial charge >= 0.3 is 5.97 Å². The first-order valence-electron chi connectivity index (χ1n) is 6.59. The summed E-state index contributed by atoms with van der Waals surface area (Å²) in [6.07, 6.45) is 0.238. The number of carboxylic acids is 1. The summed E-state index contributed by atoms with van der Waals surface area (Å²) in [5.41, 5.74) is 5.25. The van der Waals surface area contributed by atoms with Crippen LogP contribution in [0.15, 0.2) is 12.1 Å². The monoisotopic (exact) mass is 297 g/mol. The van der Waals surface area contributed by atoms with Crippen LogP contribution in [0.5, 0.6) is 17.2 Å². The Morgan fingerprint density at radius 2 is 1.76 bits per heavy atom. The summed E-state index contributed by atoms with van der Waals surface area (Å²) in [7, 11) is 4.63. The van der Waals surface area contributed by atoms with E-state index in [0.29, 0.717) is 17.2 Å². The number of ether oxygens (including phenoxy) is 3. The van der Waals surface area contributed by atoms with Gasteiger partial charge in [-0.3, -0.25) is 4.79 Å². The Morgan fingerprint density at radius 3 is 2.19 bits per heavy atom. The smallest absolute Gasteiger partial charge is 0.323 e. The summed E-state index contributed by atoms with van der Waals surface area (Å²) < 4.78 is 16.0. The van der Waals surface area contributed by atoms with Crippen molar-refractivity contribution in [3.8, 4) is 17.2 Å². The van der Waals surface area contributed by atoms with Crippen LogP contribution in [0.1, 0.15) is 31.7 Å². The molecule has 0 fully saturated rings. The van der Waals surface area contributed by atoms with Crippen LogP contribution in [0.2, 0.25) is 0 Å². The van der Waals surface area contributed by atoms with Crippen molar-refractivity contribution < 1.29 is 24.1 Å². The quantitative estimate of drug-likeness (QED) is 0.800. The van der Waals surface area contributed by atoms with Crippen molar-refractivity contribution >= 4 is 5.97 Å². The van der Waals surface area contributed by atoms with Gasteiger partial charge in [0.2, 0.25) is 0 Å². The second-order valence-corrected chi connectivity index (χ2v) is 5.24. The van der Waals surface area contributed by atoms with Crippen molar-refractivity contribution in [2.24, 2.45) is 5.73 Å². The number of rotatable bonds is 7. The molecule has 0 bridgehead atoms. The van der Waals surface area contributed by atoms with Gasteiger partial charge in [0.25, 0.3) is 0 Å². The van der Waals surface area contributed by atoms with Crippen LogP contribution in [0.25, 0.3) is 0 Å². The summed E-state index contributed by atoms with van der Waals surface area (Å²) in [4.78, 5) is 11.2. The van der Waals surface area contributed by atoms with Crippen molar-refractivity contribution in [3.05, 3.63) is 17.7 Å². The number of nitrogens with two attached hydrogens (primary N) is 1. The van der Waals surface area contributed by atoms with E-state index in [1.54, 1.807) is 26.4 Å². The number of methoxy groups -OCH3 is 3. The predicted molar refractivity (Wildman–Crippen MR) is 79.4 cm³/mol. The van der Waals surface area contributed by atoms with Crippen LogP contribution in [-0.4, -0.2) is 37.9 Å². The SMILES string of the molecule is COc1ccc(OC)c(C(C)CC(C)(N)C(=O)O)c1OC. The molecular weight excluding hydrogens is 274 g/mol. The molecule has 2 atom stereocenters. The van der Waals surface area contributed by atoms with Crippen molar-refractivity contribution in [1.29, 1.82) is 0 Å².